The molecule has 0 radical (unpaired) electrons. The van der Waals surface area contributed by atoms with Crippen molar-refractivity contribution in [2.24, 2.45) is 4.99 Å². The van der Waals surface area contributed by atoms with Crippen molar-refractivity contribution in [1.29, 1.82) is 0 Å². The Morgan fingerprint density at radius 3 is 2.92 bits per heavy atom. The molecular weight excluding hydrogens is 285 g/mol. The molecular formula is C8H6INOS. The van der Waals surface area contributed by atoms with Crippen LogP contribution in [0.15, 0.2) is 23.2 Å². The minimum absolute atomic E-state index is 0.777. The second-order valence-electron chi connectivity index (χ2n) is 2.02. The first-order chi connectivity index (χ1) is 5.77. The zero-order valence-corrected chi connectivity index (χ0v) is 9.35. The van der Waals surface area contributed by atoms with Gasteiger partial charge in [0.25, 0.3) is 0 Å². The molecule has 0 saturated heterocycles. The third kappa shape index (κ3) is 2.27. The molecule has 1 rings (SSSR count). The molecule has 2 nitrogen and oxygen atoms in total. The van der Waals surface area contributed by atoms with E-state index in [0.717, 1.165) is 15.0 Å². The van der Waals surface area contributed by atoms with Crippen LogP contribution in [0.3, 0.4) is 0 Å². The van der Waals surface area contributed by atoms with Gasteiger partial charge in [0.05, 0.1) is 18.0 Å². The first kappa shape index (κ1) is 9.64. The van der Waals surface area contributed by atoms with Crippen LogP contribution in [0.5, 0.6) is 5.75 Å². The summed E-state index contributed by atoms with van der Waals surface area (Å²) < 4.78 is 6.06. The number of hydrogen-bond acceptors (Lipinski definition) is 3. The Labute approximate surface area is 89.8 Å². The second kappa shape index (κ2) is 4.54. The highest BCUT2D eigenvalue weighted by Gasteiger charge is 1.98. The van der Waals surface area contributed by atoms with Gasteiger partial charge in [0.1, 0.15) is 5.75 Å². The molecule has 0 bridgehead atoms. The average molecular weight is 291 g/mol. The van der Waals surface area contributed by atoms with E-state index in [2.05, 4.69) is 45.0 Å². The zero-order valence-electron chi connectivity index (χ0n) is 6.37. The van der Waals surface area contributed by atoms with Crippen LogP contribution < -0.4 is 4.74 Å². The Morgan fingerprint density at radius 1 is 1.58 bits per heavy atom. The van der Waals surface area contributed by atoms with Gasteiger partial charge in [-0.2, -0.15) is 4.99 Å². The van der Waals surface area contributed by atoms with Crippen LogP contribution in [0.4, 0.5) is 5.69 Å². The van der Waals surface area contributed by atoms with E-state index in [-0.39, 0.29) is 0 Å². The third-order valence-electron chi connectivity index (χ3n) is 1.32. The fraction of sp³-hybridized carbons (Fsp3) is 0.125. The van der Waals surface area contributed by atoms with Crippen LogP contribution in [0.25, 0.3) is 0 Å². The Morgan fingerprint density at radius 2 is 2.33 bits per heavy atom. The summed E-state index contributed by atoms with van der Waals surface area (Å²) in [6.45, 7) is 0. The zero-order chi connectivity index (χ0) is 8.97. The van der Waals surface area contributed by atoms with E-state index >= 15 is 0 Å². The van der Waals surface area contributed by atoms with Crippen LogP contribution in [0, 0.1) is 3.57 Å². The molecule has 0 unspecified atom stereocenters. The number of ether oxygens (including phenoxy) is 1. The summed E-state index contributed by atoms with van der Waals surface area (Å²) in [4.78, 5) is 3.89. The maximum atomic E-state index is 5.03. The van der Waals surface area contributed by atoms with Gasteiger partial charge in [-0.25, -0.2) is 0 Å². The molecule has 1 aromatic carbocycles. The molecule has 0 amide bonds. The lowest BCUT2D eigenvalue weighted by molar-refractivity contribution is 0.415. The van der Waals surface area contributed by atoms with Crippen molar-refractivity contribution in [2.75, 3.05) is 7.11 Å². The van der Waals surface area contributed by atoms with Crippen LogP contribution in [0.1, 0.15) is 0 Å². The second-order valence-corrected chi connectivity index (χ2v) is 3.37. The molecule has 62 valence electrons. The Kier molecular flexibility index (Phi) is 3.65. The van der Waals surface area contributed by atoms with Gasteiger partial charge in [0.2, 0.25) is 0 Å². The van der Waals surface area contributed by atoms with Crippen molar-refractivity contribution in [3.63, 3.8) is 0 Å². The predicted octanol–water partition coefficient (Wildman–Crippen LogP) is 3.03. The van der Waals surface area contributed by atoms with Crippen molar-refractivity contribution >= 4 is 45.7 Å². The minimum Gasteiger partial charge on any atom is -0.497 e. The number of aliphatic imine (C=N–C) groups is 1. The van der Waals surface area contributed by atoms with Gasteiger partial charge < -0.3 is 4.74 Å². The van der Waals surface area contributed by atoms with Crippen molar-refractivity contribution in [2.45, 2.75) is 0 Å². The predicted molar refractivity (Wildman–Crippen MR) is 60.4 cm³/mol. The number of nitrogens with zero attached hydrogens (tertiary/aromatic N) is 1. The number of benzene rings is 1. The molecule has 0 heterocycles. The van der Waals surface area contributed by atoms with Gasteiger partial charge in [-0.3, -0.25) is 0 Å². The van der Waals surface area contributed by atoms with Crippen LogP contribution in [-0.2, 0) is 0 Å². The molecule has 1 aromatic rings. The molecule has 0 aromatic heterocycles. The van der Waals surface area contributed by atoms with Crippen LogP contribution in [-0.4, -0.2) is 12.3 Å². The number of rotatable bonds is 2. The van der Waals surface area contributed by atoms with E-state index < -0.39 is 0 Å². The number of methoxy groups -OCH3 is 1. The molecule has 4 heteroatoms. The summed E-state index contributed by atoms with van der Waals surface area (Å²) in [5.74, 6) is 0.777. The van der Waals surface area contributed by atoms with Crippen LogP contribution in [0.2, 0.25) is 0 Å². The topological polar surface area (TPSA) is 21.6 Å². The molecule has 0 fully saturated rings. The maximum Gasteiger partial charge on any atom is 0.121 e. The quantitative estimate of drug-likeness (QED) is 0.474. The fourth-order valence-electron chi connectivity index (χ4n) is 0.754. The van der Waals surface area contributed by atoms with Crippen molar-refractivity contribution in [3.8, 4) is 5.75 Å². The van der Waals surface area contributed by atoms with E-state index in [1.807, 2.05) is 18.2 Å². The van der Waals surface area contributed by atoms with Crippen LogP contribution >= 0.6 is 34.8 Å². The van der Waals surface area contributed by atoms with Gasteiger partial charge in [-0.15, -0.1) is 0 Å². The molecule has 0 aliphatic heterocycles. The van der Waals surface area contributed by atoms with Gasteiger partial charge in [-0.05, 0) is 46.9 Å². The highest BCUT2D eigenvalue weighted by molar-refractivity contribution is 14.1. The van der Waals surface area contributed by atoms with E-state index in [1.165, 1.54) is 0 Å². The molecule has 0 saturated carbocycles. The Bertz CT molecular complexity index is 334. The van der Waals surface area contributed by atoms with Gasteiger partial charge in [0.15, 0.2) is 0 Å². The van der Waals surface area contributed by atoms with E-state index in [0.29, 0.717) is 0 Å². The lowest BCUT2D eigenvalue weighted by Gasteiger charge is -2.00. The average Bonchev–Trinajstić information content (AvgIpc) is 2.09. The maximum absolute atomic E-state index is 5.03. The molecule has 0 spiro atoms. The third-order valence-corrected chi connectivity index (χ3v) is 2.32. The van der Waals surface area contributed by atoms with E-state index in [4.69, 9.17) is 4.74 Å². The number of halogens is 1. The Hall–Kier alpha value is -0.450. The largest absolute Gasteiger partial charge is 0.497 e. The molecule has 12 heavy (non-hydrogen) atoms. The first-order valence-corrected chi connectivity index (χ1v) is 4.68. The summed E-state index contributed by atoms with van der Waals surface area (Å²) in [6.07, 6.45) is 0. The summed E-state index contributed by atoms with van der Waals surface area (Å²) in [6, 6.07) is 5.62. The number of isothiocyanates is 1. The fourth-order valence-corrected chi connectivity index (χ4v) is 1.31. The van der Waals surface area contributed by atoms with Crippen molar-refractivity contribution in [3.05, 3.63) is 21.8 Å². The van der Waals surface area contributed by atoms with Crippen molar-refractivity contribution < 1.29 is 4.74 Å². The molecule has 0 atom stereocenters. The van der Waals surface area contributed by atoms with Crippen molar-refractivity contribution in [1.82, 2.24) is 0 Å². The van der Waals surface area contributed by atoms with E-state index in [9.17, 15) is 0 Å². The summed E-state index contributed by atoms with van der Waals surface area (Å²) in [7, 11) is 1.62. The lowest BCUT2D eigenvalue weighted by Crippen LogP contribution is -1.82. The summed E-state index contributed by atoms with van der Waals surface area (Å²) in [5.41, 5.74) is 0.796. The Balaban J connectivity index is 3.16. The molecule has 0 aliphatic carbocycles. The summed E-state index contributed by atoms with van der Waals surface area (Å²) in [5, 5.41) is 2.32. The van der Waals surface area contributed by atoms with E-state index in [1.54, 1.807) is 7.11 Å². The van der Waals surface area contributed by atoms with Gasteiger partial charge in [-0.1, -0.05) is 0 Å². The molecule has 0 aliphatic rings. The first-order valence-electron chi connectivity index (χ1n) is 3.19. The highest BCUT2D eigenvalue weighted by Crippen LogP contribution is 2.25. The van der Waals surface area contributed by atoms with Gasteiger partial charge in [0, 0.05) is 9.64 Å². The van der Waals surface area contributed by atoms with Gasteiger partial charge >= 0.3 is 0 Å². The normalized spacial score (nSPS) is 8.83. The highest BCUT2D eigenvalue weighted by atomic mass is 127. The number of thiocarbonyl (C=S) groups is 1. The molecule has 0 N–H and O–H groups in total. The smallest absolute Gasteiger partial charge is 0.121 e. The summed E-state index contributed by atoms with van der Waals surface area (Å²) >= 11 is 6.69. The number of hydrogen-bond donors (Lipinski definition) is 0. The standard InChI is InChI=1S/C8H6INOS/c1-11-6-2-3-7(9)8(4-6)10-5-12/h2-4H,1H3. The minimum atomic E-state index is 0.777. The lowest BCUT2D eigenvalue weighted by atomic mass is 10.3. The SMILES string of the molecule is COc1ccc(I)c(N=C=S)c1. The monoisotopic (exact) mass is 291 g/mol.